The van der Waals surface area contributed by atoms with Crippen LogP contribution in [-0.4, -0.2) is 88.3 Å². The van der Waals surface area contributed by atoms with Gasteiger partial charge in [-0.1, -0.05) is 23.7 Å². The van der Waals surface area contributed by atoms with Crippen molar-refractivity contribution in [3.63, 3.8) is 0 Å². The summed E-state index contributed by atoms with van der Waals surface area (Å²) < 4.78 is 43.8. The van der Waals surface area contributed by atoms with Gasteiger partial charge in [-0.25, -0.2) is 8.78 Å². The predicted molar refractivity (Wildman–Crippen MR) is 166 cm³/mol. The molecule has 7 bridgehead atoms. The molecule has 8 aliphatic rings. The highest BCUT2D eigenvalue weighted by Crippen LogP contribution is 2.56. The van der Waals surface area contributed by atoms with Crippen LogP contribution in [0.4, 0.5) is 14.6 Å². The average Bonchev–Trinajstić information content (AvgIpc) is 3.54. The number of hydrogen-bond donors (Lipinski definition) is 1. The Morgan fingerprint density at radius 2 is 2.02 bits per heavy atom. The molecule has 238 valence electrons. The second-order valence-electron chi connectivity index (χ2n) is 14.8. The van der Waals surface area contributed by atoms with Crippen LogP contribution in [0.3, 0.4) is 0 Å². The van der Waals surface area contributed by atoms with Gasteiger partial charge in [0, 0.05) is 42.8 Å². The topological polar surface area (TPSA) is 83.8 Å². The lowest BCUT2D eigenvalue weighted by Crippen LogP contribution is -2.60. The van der Waals surface area contributed by atoms with Crippen molar-refractivity contribution in [1.82, 2.24) is 19.9 Å². The third-order valence-electron chi connectivity index (χ3n) is 11.5. The van der Waals surface area contributed by atoms with Crippen molar-refractivity contribution in [2.45, 2.75) is 74.6 Å². The van der Waals surface area contributed by atoms with E-state index in [0.717, 1.165) is 50.8 Å². The summed E-state index contributed by atoms with van der Waals surface area (Å²) in [5.41, 5.74) is 0.598. The van der Waals surface area contributed by atoms with Crippen LogP contribution in [0.25, 0.3) is 22.2 Å². The van der Waals surface area contributed by atoms with Crippen molar-refractivity contribution in [2.75, 3.05) is 50.9 Å². The lowest BCUT2D eigenvalue weighted by atomic mass is 9.56. The van der Waals surface area contributed by atoms with Gasteiger partial charge >= 0.3 is 6.01 Å². The van der Waals surface area contributed by atoms with Crippen LogP contribution in [0.1, 0.15) is 62.8 Å². The van der Waals surface area contributed by atoms with Crippen LogP contribution >= 0.6 is 11.6 Å². The van der Waals surface area contributed by atoms with E-state index in [2.05, 4.69) is 14.8 Å². The highest BCUT2D eigenvalue weighted by molar-refractivity contribution is 6.32. The summed E-state index contributed by atoms with van der Waals surface area (Å²) >= 11 is 6.77. The fraction of sp³-hybridized carbons (Fsp3) is 0.618. The summed E-state index contributed by atoms with van der Waals surface area (Å²) in [7, 11) is 0. The van der Waals surface area contributed by atoms with Crippen molar-refractivity contribution in [1.29, 1.82) is 0 Å². The Kier molecular flexibility index (Phi) is 6.45. The molecule has 0 radical (unpaired) electrons. The zero-order chi connectivity index (χ0) is 30.6. The van der Waals surface area contributed by atoms with E-state index in [0.29, 0.717) is 67.4 Å². The molecular formula is C34H38ClF2N5O3. The average molecular weight is 638 g/mol. The fourth-order valence-electron chi connectivity index (χ4n) is 9.59. The molecule has 2 aromatic heterocycles. The van der Waals surface area contributed by atoms with Crippen molar-refractivity contribution in [3.8, 4) is 17.3 Å². The van der Waals surface area contributed by atoms with Crippen LogP contribution < -0.4 is 9.64 Å². The molecule has 6 aliphatic heterocycles. The van der Waals surface area contributed by atoms with Crippen LogP contribution in [0.15, 0.2) is 24.4 Å². The first-order chi connectivity index (χ1) is 21.7. The van der Waals surface area contributed by atoms with Crippen molar-refractivity contribution in [2.24, 2.45) is 11.3 Å². The van der Waals surface area contributed by atoms with E-state index in [-0.39, 0.29) is 46.6 Å². The van der Waals surface area contributed by atoms with Gasteiger partial charge in [-0.05, 0) is 80.4 Å². The Bertz CT molecular complexity index is 1690. The summed E-state index contributed by atoms with van der Waals surface area (Å²) in [6, 6.07) is 5.63. The van der Waals surface area contributed by atoms with Crippen LogP contribution in [-0.2, 0) is 4.74 Å². The fourth-order valence-corrected chi connectivity index (χ4v) is 9.91. The Morgan fingerprint density at radius 3 is 2.91 bits per heavy atom. The number of hydrogen-bond acceptors (Lipinski definition) is 8. The van der Waals surface area contributed by atoms with Gasteiger partial charge in [0.1, 0.15) is 29.8 Å². The second-order valence-corrected chi connectivity index (χ2v) is 15.2. The van der Waals surface area contributed by atoms with E-state index in [1.165, 1.54) is 0 Å². The van der Waals surface area contributed by atoms with Gasteiger partial charge in [0.05, 0.1) is 29.7 Å². The van der Waals surface area contributed by atoms with E-state index < -0.39 is 17.6 Å². The first-order valence-electron chi connectivity index (χ1n) is 16.5. The van der Waals surface area contributed by atoms with Crippen molar-refractivity contribution < 1.29 is 23.4 Å². The van der Waals surface area contributed by atoms with Crippen molar-refractivity contribution in [3.05, 3.63) is 40.8 Å². The molecule has 11 rings (SSSR count). The molecule has 1 N–H and O–H groups in total. The van der Waals surface area contributed by atoms with Gasteiger partial charge < -0.3 is 19.5 Å². The molecule has 1 aromatic carbocycles. The molecule has 3 saturated heterocycles. The number of rotatable bonds is 3. The Balaban J connectivity index is 1.17. The maximum absolute atomic E-state index is 16.8. The molecular weight excluding hydrogens is 600 g/mol. The maximum Gasteiger partial charge on any atom is 0.319 e. The van der Waals surface area contributed by atoms with E-state index in [1.54, 1.807) is 6.20 Å². The third kappa shape index (κ3) is 4.65. The lowest BCUT2D eigenvalue weighted by Gasteiger charge is -2.57. The Hall–Kier alpha value is -2.66. The minimum atomic E-state index is -0.877. The number of fused-ring (bicyclic) bond motifs is 1. The molecule has 8 nitrogen and oxygen atoms in total. The van der Waals surface area contributed by atoms with Gasteiger partial charge in [0.2, 0.25) is 0 Å². The standard InChI is InChI=1S/C34H38ClF2N5O3/c35-25-5-1-4-22-26(25)23-10-20(23)14-44-19-34(43)15-32(16-34)6-2-8-41(17-32)30-24-12-38-28(22)27(37)29(24)39-31(40-30)45-18-33-7-3-9-42(33)13-21(36)11-33/h1,4-5,12,20-21,23,43H,2-3,6-11,13-19H2/t20-,21+,23-,32?,33-,34?/m0/s1. The maximum atomic E-state index is 16.8. The number of piperidine rings is 1. The normalized spacial score (nSPS) is 35.6. The highest BCUT2D eigenvalue weighted by Gasteiger charge is 2.56. The quantitative estimate of drug-likeness (QED) is 0.393. The highest BCUT2D eigenvalue weighted by atomic mass is 35.5. The zero-order valence-corrected chi connectivity index (χ0v) is 26.0. The van der Waals surface area contributed by atoms with Gasteiger partial charge in [-0.3, -0.25) is 9.88 Å². The summed E-state index contributed by atoms with van der Waals surface area (Å²) in [5, 5.41) is 12.5. The molecule has 11 heteroatoms. The number of pyridine rings is 1. The molecule has 0 unspecified atom stereocenters. The number of anilines is 1. The largest absolute Gasteiger partial charge is 0.461 e. The molecule has 4 atom stereocenters. The van der Waals surface area contributed by atoms with Gasteiger partial charge in [0.15, 0.2) is 5.82 Å². The minimum absolute atomic E-state index is 0.0658. The number of nitrogens with zero attached hydrogens (tertiary/aromatic N) is 5. The molecule has 45 heavy (non-hydrogen) atoms. The van der Waals surface area contributed by atoms with E-state index >= 15 is 4.39 Å². The van der Waals surface area contributed by atoms with E-state index in [4.69, 9.17) is 31.0 Å². The number of alkyl halides is 1. The molecule has 3 aromatic rings. The summed E-state index contributed by atoms with van der Waals surface area (Å²) in [6.07, 6.45) is 7.23. The van der Waals surface area contributed by atoms with E-state index in [1.807, 2.05) is 18.2 Å². The first-order valence-corrected chi connectivity index (χ1v) is 16.8. The first kappa shape index (κ1) is 28.6. The lowest BCUT2D eigenvalue weighted by molar-refractivity contribution is -0.168. The Labute approximate surface area is 266 Å². The third-order valence-corrected chi connectivity index (χ3v) is 11.9. The SMILES string of the molecule is OC12COC[C@@H]3C[C@@H]3c3c(Cl)cccc3-c3ncc4c(nc(OC[C@@]56CCCN5C[C@H](F)C6)nc4c3F)N3CCCC(C3)(C1)C2. The predicted octanol–water partition coefficient (Wildman–Crippen LogP) is 5.68. The molecule has 0 amide bonds. The second kappa shape index (κ2) is 10.2. The van der Waals surface area contributed by atoms with Gasteiger partial charge in [-0.15, -0.1) is 0 Å². The number of halogens is 3. The summed E-state index contributed by atoms with van der Waals surface area (Å²) in [5.74, 6) is 0.423. The van der Waals surface area contributed by atoms with E-state index in [9.17, 15) is 9.50 Å². The minimum Gasteiger partial charge on any atom is -0.461 e. The number of aromatic nitrogens is 3. The molecule has 2 aliphatic carbocycles. The number of ether oxygens (including phenoxy) is 2. The zero-order valence-electron chi connectivity index (χ0n) is 25.3. The van der Waals surface area contributed by atoms with Crippen LogP contribution in [0.5, 0.6) is 6.01 Å². The molecule has 5 fully saturated rings. The van der Waals surface area contributed by atoms with Crippen LogP contribution in [0.2, 0.25) is 5.02 Å². The molecule has 1 spiro atoms. The monoisotopic (exact) mass is 637 g/mol. The van der Waals surface area contributed by atoms with Crippen LogP contribution in [0, 0.1) is 17.2 Å². The number of benzene rings is 1. The van der Waals surface area contributed by atoms with Crippen molar-refractivity contribution >= 4 is 28.3 Å². The van der Waals surface area contributed by atoms with Gasteiger partial charge in [-0.2, -0.15) is 9.97 Å². The number of aliphatic hydroxyl groups is 1. The molecule has 2 saturated carbocycles. The molecule has 8 heterocycles. The smallest absolute Gasteiger partial charge is 0.319 e. The van der Waals surface area contributed by atoms with Gasteiger partial charge in [0.25, 0.3) is 0 Å². The Morgan fingerprint density at radius 1 is 1.16 bits per heavy atom. The summed E-state index contributed by atoms with van der Waals surface area (Å²) in [4.78, 5) is 18.6. The summed E-state index contributed by atoms with van der Waals surface area (Å²) in [6.45, 7) is 3.82.